The molecule has 140 valence electrons. The van der Waals surface area contributed by atoms with Crippen molar-refractivity contribution in [3.8, 4) is 5.75 Å². The van der Waals surface area contributed by atoms with Gasteiger partial charge in [0.05, 0.1) is 12.3 Å². The largest absolute Gasteiger partial charge is 0.491 e. The monoisotopic (exact) mass is 356 g/mol. The predicted molar refractivity (Wildman–Crippen MR) is 105 cm³/mol. The minimum absolute atomic E-state index is 0.729. The Balaban J connectivity index is 1.77. The Morgan fingerprint density at radius 1 is 1.31 bits per heavy atom. The Morgan fingerprint density at radius 3 is 3.04 bits per heavy atom. The number of anilines is 1. The smallest absolute Gasteiger partial charge is 0.211 e. The zero-order chi connectivity index (χ0) is 18.1. The topological polar surface area (TPSA) is 86.9 Å². The highest BCUT2D eigenvalue weighted by atomic mass is 16.5. The van der Waals surface area contributed by atoms with Crippen LogP contribution in [0.3, 0.4) is 0 Å². The van der Waals surface area contributed by atoms with Crippen LogP contribution in [0, 0.1) is 0 Å². The van der Waals surface area contributed by atoms with Crippen LogP contribution in [0.5, 0.6) is 5.75 Å². The van der Waals surface area contributed by atoms with Gasteiger partial charge >= 0.3 is 0 Å². The average molecular weight is 356 g/mol. The molecule has 0 aromatic heterocycles. The lowest BCUT2D eigenvalue weighted by Gasteiger charge is -2.34. The number of aliphatic imine (C=N–C) groups is 1. The van der Waals surface area contributed by atoms with Crippen LogP contribution >= 0.6 is 0 Å². The SMILES string of the molecule is CNC1=NC(N)(c2cc3c(c(N4CCCNCC4)c2)OCC3)NC(C)=C1. The lowest BCUT2D eigenvalue weighted by atomic mass is 10.00. The summed E-state index contributed by atoms with van der Waals surface area (Å²) in [5, 5.41) is 9.92. The third-order valence-electron chi connectivity index (χ3n) is 5.18. The first kappa shape index (κ1) is 17.2. The summed E-state index contributed by atoms with van der Waals surface area (Å²) in [5.41, 5.74) is 11.0. The van der Waals surface area contributed by atoms with E-state index in [0.717, 1.165) is 74.2 Å². The molecule has 1 fully saturated rings. The number of ether oxygens (including phenoxy) is 1. The summed E-state index contributed by atoms with van der Waals surface area (Å²) >= 11 is 0. The molecule has 0 spiro atoms. The first-order valence-electron chi connectivity index (χ1n) is 9.38. The standard InChI is InChI=1S/C19H28N6O/c1-13-10-17(21-2)24-19(20,23-13)15-11-14-4-9-26-18(14)16(12-15)25-7-3-5-22-6-8-25/h10-12,22-23H,3-9,20H2,1-2H3,(H,21,24). The van der Waals surface area contributed by atoms with Crippen LogP contribution < -0.4 is 31.3 Å². The number of allylic oxidation sites excluding steroid dienone is 1. The molecule has 4 rings (SSSR count). The summed E-state index contributed by atoms with van der Waals surface area (Å²) in [6.07, 6.45) is 3.99. The highest BCUT2D eigenvalue weighted by Crippen LogP contribution is 2.40. The number of likely N-dealkylation sites (N-methyl/N-ethyl adjacent to an activating group) is 1. The maximum absolute atomic E-state index is 6.71. The van der Waals surface area contributed by atoms with E-state index in [2.05, 4.69) is 33.0 Å². The number of rotatable bonds is 2. The molecule has 5 N–H and O–H groups in total. The summed E-state index contributed by atoms with van der Waals surface area (Å²) in [6, 6.07) is 4.29. The molecule has 1 atom stereocenters. The van der Waals surface area contributed by atoms with E-state index in [1.807, 2.05) is 20.0 Å². The molecule has 1 saturated heterocycles. The van der Waals surface area contributed by atoms with E-state index in [1.54, 1.807) is 0 Å². The molecule has 1 aromatic carbocycles. The van der Waals surface area contributed by atoms with E-state index < -0.39 is 5.79 Å². The van der Waals surface area contributed by atoms with Gasteiger partial charge in [-0.25, -0.2) is 4.99 Å². The zero-order valence-electron chi connectivity index (χ0n) is 15.6. The average Bonchev–Trinajstić information content (AvgIpc) is 2.93. The normalized spacial score (nSPS) is 25.4. The number of nitrogens with zero attached hydrogens (tertiary/aromatic N) is 2. The van der Waals surface area contributed by atoms with Gasteiger partial charge in [-0.3, -0.25) is 5.73 Å². The van der Waals surface area contributed by atoms with E-state index >= 15 is 0 Å². The molecule has 1 aromatic rings. The van der Waals surface area contributed by atoms with Crippen molar-refractivity contribution >= 4 is 11.5 Å². The Morgan fingerprint density at radius 2 is 2.19 bits per heavy atom. The number of benzene rings is 1. The summed E-state index contributed by atoms with van der Waals surface area (Å²) in [6.45, 7) is 6.75. The van der Waals surface area contributed by atoms with Crippen LogP contribution in [0.15, 0.2) is 28.9 Å². The van der Waals surface area contributed by atoms with Crippen molar-refractivity contribution in [3.05, 3.63) is 35.0 Å². The van der Waals surface area contributed by atoms with Crippen LogP contribution in [-0.2, 0) is 12.2 Å². The minimum Gasteiger partial charge on any atom is -0.491 e. The Labute approximate surface area is 154 Å². The number of nitrogens with one attached hydrogen (secondary N) is 3. The van der Waals surface area contributed by atoms with Gasteiger partial charge in [0.15, 0.2) is 0 Å². The fourth-order valence-electron chi connectivity index (χ4n) is 3.89. The van der Waals surface area contributed by atoms with Gasteiger partial charge in [-0.15, -0.1) is 0 Å². The Kier molecular flexibility index (Phi) is 4.50. The number of hydrogen-bond donors (Lipinski definition) is 4. The van der Waals surface area contributed by atoms with Crippen molar-refractivity contribution in [1.82, 2.24) is 16.0 Å². The van der Waals surface area contributed by atoms with Crippen LogP contribution in [0.1, 0.15) is 24.5 Å². The molecule has 7 nitrogen and oxygen atoms in total. The summed E-state index contributed by atoms with van der Waals surface area (Å²) < 4.78 is 5.98. The van der Waals surface area contributed by atoms with Crippen LogP contribution in [0.25, 0.3) is 0 Å². The van der Waals surface area contributed by atoms with Crippen molar-refractivity contribution in [2.45, 2.75) is 25.6 Å². The number of fused-ring (bicyclic) bond motifs is 1. The van der Waals surface area contributed by atoms with Crippen molar-refractivity contribution in [3.63, 3.8) is 0 Å². The number of hydrogen-bond acceptors (Lipinski definition) is 7. The highest BCUT2D eigenvalue weighted by molar-refractivity contribution is 5.94. The fourth-order valence-corrected chi connectivity index (χ4v) is 3.89. The van der Waals surface area contributed by atoms with E-state index in [4.69, 9.17) is 15.5 Å². The molecular weight excluding hydrogens is 328 g/mol. The van der Waals surface area contributed by atoms with Crippen molar-refractivity contribution in [1.29, 1.82) is 0 Å². The minimum atomic E-state index is -0.979. The Bertz CT molecular complexity index is 751. The van der Waals surface area contributed by atoms with E-state index in [1.165, 1.54) is 5.56 Å². The molecule has 3 aliphatic rings. The molecule has 0 saturated carbocycles. The maximum atomic E-state index is 6.71. The molecule has 1 unspecified atom stereocenters. The van der Waals surface area contributed by atoms with Crippen LogP contribution in [-0.4, -0.2) is 45.7 Å². The van der Waals surface area contributed by atoms with Gasteiger partial charge in [0.1, 0.15) is 11.6 Å². The first-order chi connectivity index (χ1) is 12.6. The lowest BCUT2D eigenvalue weighted by molar-refractivity contribution is 0.356. The van der Waals surface area contributed by atoms with Crippen LogP contribution in [0.2, 0.25) is 0 Å². The second-order valence-corrected chi connectivity index (χ2v) is 7.14. The third kappa shape index (κ3) is 3.12. The van der Waals surface area contributed by atoms with Crippen molar-refractivity contribution in [2.75, 3.05) is 44.7 Å². The third-order valence-corrected chi connectivity index (χ3v) is 5.18. The highest BCUT2D eigenvalue weighted by Gasteiger charge is 2.33. The second-order valence-electron chi connectivity index (χ2n) is 7.14. The quantitative estimate of drug-likeness (QED) is 0.621. The van der Waals surface area contributed by atoms with Gasteiger partial charge in [-0.05, 0) is 38.1 Å². The molecule has 3 aliphatic heterocycles. The summed E-state index contributed by atoms with van der Waals surface area (Å²) in [7, 11) is 1.86. The first-order valence-corrected chi connectivity index (χ1v) is 9.38. The summed E-state index contributed by atoms with van der Waals surface area (Å²) in [5.74, 6) is 0.814. The molecule has 3 heterocycles. The van der Waals surface area contributed by atoms with Gasteiger partial charge in [0, 0.05) is 49.9 Å². The van der Waals surface area contributed by atoms with Gasteiger partial charge in [0.25, 0.3) is 0 Å². The molecular formula is C19H28N6O. The fraction of sp³-hybridized carbons (Fsp3) is 0.526. The molecule has 0 amide bonds. The molecule has 0 radical (unpaired) electrons. The van der Waals surface area contributed by atoms with Crippen LogP contribution in [0.4, 0.5) is 5.69 Å². The van der Waals surface area contributed by atoms with Crippen molar-refractivity contribution in [2.24, 2.45) is 10.7 Å². The van der Waals surface area contributed by atoms with Gasteiger partial charge in [-0.1, -0.05) is 0 Å². The molecule has 0 bridgehead atoms. The van der Waals surface area contributed by atoms with E-state index in [9.17, 15) is 0 Å². The summed E-state index contributed by atoms with van der Waals surface area (Å²) in [4.78, 5) is 7.12. The Hall–Kier alpha value is -2.25. The lowest BCUT2D eigenvalue weighted by Crippen LogP contribution is -2.51. The number of amidine groups is 1. The zero-order valence-corrected chi connectivity index (χ0v) is 15.6. The molecule has 26 heavy (non-hydrogen) atoms. The van der Waals surface area contributed by atoms with Gasteiger partial charge < -0.3 is 25.6 Å². The van der Waals surface area contributed by atoms with Gasteiger partial charge in [-0.2, -0.15) is 0 Å². The second kappa shape index (κ2) is 6.81. The molecule has 7 heteroatoms. The van der Waals surface area contributed by atoms with E-state index in [0.29, 0.717) is 0 Å². The predicted octanol–water partition coefficient (Wildman–Crippen LogP) is 0.615. The van der Waals surface area contributed by atoms with Gasteiger partial charge in [0.2, 0.25) is 5.79 Å². The maximum Gasteiger partial charge on any atom is 0.211 e. The van der Waals surface area contributed by atoms with Crippen molar-refractivity contribution < 1.29 is 4.74 Å². The molecule has 0 aliphatic carbocycles. The van der Waals surface area contributed by atoms with E-state index in [-0.39, 0.29) is 0 Å². The number of nitrogens with two attached hydrogens (primary N) is 1.